The number of hydrogen-bond acceptors (Lipinski definition) is 3. The summed E-state index contributed by atoms with van der Waals surface area (Å²) < 4.78 is 36.1. The van der Waals surface area contributed by atoms with Gasteiger partial charge in [-0.15, -0.1) is 4.36 Å². The van der Waals surface area contributed by atoms with E-state index in [9.17, 15) is 12.0 Å². The van der Waals surface area contributed by atoms with Crippen LogP contribution in [0.5, 0.6) is 5.75 Å². The summed E-state index contributed by atoms with van der Waals surface area (Å²) in [4.78, 5) is 0. The first-order valence-corrected chi connectivity index (χ1v) is 4.24. The number of phenolic OH excluding ortho intramolecular Hbond substituents is 1. The molecule has 1 aromatic carbocycles. The first-order chi connectivity index (χ1) is 5.47. The summed E-state index contributed by atoms with van der Waals surface area (Å²) in [6.07, 6.45) is 0. The molecule has 0 spiro atoms. The third-order valence-electron chi connectivity index (χ3n) is 1.04. The molecule has 0 heterocycles. The maximum absolute atomic E-state index is 11.8. The van der Waals surface area contributed by atoms with Crippen molar-refractivity contribution in [1.82, 2.24) is 0 Å². The second-order valence-corrected chi connectivity index (χ2v) is 2.98. The Balaban J connectivity index is 3.15. The highest BCUT2D eigenvalue weighted by Crippen LogP contribution is 2.20. The Kier molecular flexibility index (Phi) is 2.27. The number of halogens is 2. The highest BCUT2D eigenvalue weighted by molar-refractivity contribution is 7.83. The Hall–Kier alpha value is -1.17. The van der Waals surface area contributed by atoms with Crippen LogP contribution in [-0.2, 0) is 10.5 Å². The molecule has 6 heteroatoms. The number of nitrogens with zero attached hydrogens (tertiary/aromatic N) is 1. The van der Waals surface area contributed by atoms with Gasteiger partial charge in [-0.3, -0.25) is 0 Å². The fourth-order valence-corrected chi connectivity index (χ4v) is 1.03. The van der Waals surface area contributed by atoms with Crippen LogP contribution >= 0.6 is 0 Å². The molecule has 12 heavy (non-hydrogen) atoms. The summed E-state index contributed by atoms with van der Waals surface area (Å²) in [7, 11) is -5.13. The zero-order valence-corrected chi connectivity index (χ0v) is 6.59. The van der Waals surface area contributed by atoms with Crippen molar-refractivity contribution in [3.8, 4) is 5.75 Å². The van der Waals surface area contributed by atoms with Gasteiger partial charge in [-0.25, -0.2) is 0 Å². The highest BCUT2D eigenvalue weighted by atomic mass is 32.3. The van der Waals surface area contributed by atoms with E-state index in [2.05, 4.69) is 4.36 Å². The van der Waals surface area contributed by atoms with E-state index in [1.165, 1.54) is 18.2 Å². The topological polar surface area (TPSA) is 49.7 Å². The Morgan fingerprint density at radius 3 is 2.58 bits per heavy atom. The van der Waals surface area contributed by atoms with Crippen LogP contribution in [-0.4, -0.2) is 9.32 Å². The van der Waals surface area contributed by atoms with E-state index in [0.717, 1.165) is 6.07 Å². The minimum absolute atomic E-state index is 0.195. The van der Waals surface area contributed by atoms with Gasteiger partial charge in [-0.1, -0.05) is 13.8 Å². The van der Waals surface area contributed by atoms with Crippen LogP contribution in [0.1, 0.15) is 0 Å². The number of aromatic hydroxyl groups is 1. The molecule has 1 N–H and O–H groups in total. The van der Waals surface area contributed by atoms with Crippen molar-refractivity contribution in [3.63, 3.8) is 0 Å². The van der Waals surface area contributed by atoms with Crippen molar-refractivity contribution >= 4 is 16.2 Å². The Labute approximate surface area is 68.4 Å². The average Bonchev–Trinajstić information content (AvgIpc) is 1.82. The molecule has 0 aliphatic carbocycles. The third kappa shape index (κ3) is 2.83. The minimum Gasteiger partial charge on any atom is -0.508 e. The van der Waals surface area contributed by atoms with Gasteiger partial charge in [-0.05, 0) is 12.1 Å². The molecule has 66 valence electrons. The molecule has 0 aromatic heterocycles. The second kappa shape index (κ2) is 3.06. The summed E-state index contributed by atoms with van der Waals surface area (Å²) in [6, 6.07) is 4.86. The molecule has 0 aliphatic heterocycles. The largest absolute Gasteiger partial charge is 0.508 e. The lowest BCUT2D eigenvalue weighted by molar-refractivity contribution is 0.475. The van der Waals surface area contributed by atoms with Crippen molar-refractivity contribution in [2.45, 2.75) is 0 Å². The van der Waals surface area contributed by atoms with Gasteiger partial charge in [0.15, 0.2) is 0 Å². The number of rotatable bonds is 1. The first-order valence-electron chi connectivity index (χ1n) is 2.93. The predicted molar refractivity (Wildman–Crippen MR) is 40.6 cm³/mol. The maximum Gasteiger partial charge on any atom is 0.371 e. The molecule has 0 bridgehead atoms. The average molecular weight is 193 g/mol. The van der Waals surface area contributed by atoms with E-state index in [1.54, 1.807) is 0 Å². The standard InChI is InChI=1S/C6H5F2NO2S/c7-12(8,11)9-5-2-1-3-6(10)4-5/h1-4,10H. The van der Waals surface area contributed by atoms with Crippen LogP contribution in [0.4, 0.5) is 13.5 Å². The van der Waals surface area contributed by atoms with Crippen molar-refractivity contribution in [2.75, 3.05) is 0 Å². The zero-order valence-electron chi connectivity index (χ0n) is 5.78. The molecule has 1 rings (SSSR count). The van der Waals surface area contributed by atoms with Crippen LogP contribution in [0, 0.1) is 0 Å². The van der Waals surface area contributed by atoms with Crippen LogP contribution in [0.15, 0.2) is 28.6 Å². The van der Waals surface area contributed by atoms with Gasteiger partial charge in [0, 0.05) is 6.07 Å². The SMILES string of the molecule is O=S(F)(F)=Nc1cccc(O)c1. The van der Waals surface area contributed by atoms with Gasteiger partial charge in [0.2, 0.25) is 0 Å². The molecule has 3 nitrogen and oxygen atoms in total. The predicted octanol–water partition coefficient (Wildman–Crippen LogP) is 2.26. The summed E-state index contributed by atoms with van der Waals surface area (Å²) in [6.45, 7) is 0. The lowest BCUT2D eigenvalue weighted by atomic mass is 10.3. The van der Waals surface area contributed by atoms with Gasteiger partial charge in [0.1, 0.15) is 5.75 Å². The van der Waals surface area contributed by atoms with Gasteiger partial charge in [0.25, 0.3) is 0 Å². The first kappa shape index (κ1) is 8.92. The molecule has 0 saturated carbocycles. The minimum atomic E-state index is -5.13. The molecule has 0 radical (unpaired) electrons. The third-order valence-corrected chi connectivity index (χ3v) is 1.46. The number of benzene rings is 1. The lowest BCUT2D eigenvalue weighted by Gasteiger charge is -1.92. The van der Waals surface area contributed by atoms with Crippen LogP contribution < -0.4 is 0 Å². The molecule has 0 aliphatic rings. The van der Waals surface area contributed by atoms with Crippen molar-refractivity contribution < 1.29 is 17.1 Å². The van der Waals surface area contributed by atoms with E-state index < -0.39 is 10.5 Å². The van der Waals surface area contributed by atoms with Crippen molar-refractivity contribution in [3.05, 3.63) is 24.3 Å². The smallest absolute Gasteiger partial charge is 0.371 e. The van der Waals surface area contributed by atoms with E-state index in [0.29, 0.717) is 0 Å². The summed E-state index contributed by atoms with van der Waals surface area (Å²) in [5.41, 5.74) is -0.204. The second-order valence-electron chi connectivity index (χ2n) is 2.01. The fourth-order valence-electron chi connectivity index (χ4n) is 0.673. The van der Waals surface area contributed by atoms with E-state index in [1.807, 2.05) is 0 Å². The molecular weight excluding hydrogens is 188 g/mol. The van der Waals surface area contributed by atoms with Crippen molar-refractivity contribution in [2.24, 2.45) is 4.36 Å². The van der Waals surface area contributed by atoms with E-state index in [-0.39, 0.29) is 11.4 Å². The van der Waals surface area contributed by atoms with Crippen LogP contribution in [0.25, 0.3) is 0 Å². The van der Waals surface area contributed by atoms with Crippen LogP contribution in [0.2, 0.25) is 0 Å². The van der Waals surface area contributed by atoms with Gasteiger partial charge >= 0.3 is 10.5 Å². The zero-order chi connectivity index (χ0) is 9.19. The Bertz CT molecular complexity index is 390. The van der Waals surface area contributed by atoms with Crippen LogP contribution in [0.3, 0.4) is 0 Å². The monoisotopic (exact) mass is 193 g/mol. The summed E-state index contributed by atoms with van der Waals surface area (Å²) in [5.74, 6) is -0.195. The van der Waals surface area contributed by atoms with E-state index >= 15 is 0 Å². The normalized spacial score (nSPS) is 11.2. The molecule has 0 saturated heterocycles. The molecule has 1 aromatic rings. The molecule has 0 unspecified atom stereocenters. The van der Waals surface area contributed by atoms with Gasteiger partial charge in [-0.2, -0.15) is 4.21 Å². The number of phenols is 1. The molecule has 0 amide bonds. The summed E-state index contributed by atoms with van der Waals surface area (Å²) >= 11 is 0. The lowest BCUT2D eigenvalue weighted by Crippen LogP contribution is -1.75. The number of hydrogen-bond donors (Lipinski definition) is 1. The Morgan fingerprint density at radius 1 is 1.42 bits per heavy atom. The quantitative estimate of drug-likeness (QED) is 0.695. The summed E-state index contributed by atoms with van der Waals surface area (Å²) in [5, 5.41) is 8.81. The fraction of sp³-hybridized carbons (Fsp3) is 0. The van der Waals surface area contributed by atoms with Crippen molar-refractivity contribution in [1.29, 1.82) is 0 Å². The molecule has 0 atom stereocenters. The maximum atomic E-state index is 11.8. The van der Waals surface area contributed by atoms with Gasteiger partial charge in [0.05, 0.1) is 5.69 Å². The van der Waals surface area contributed by atoms with Gasteiger partial charge < -0.3 is 5.11 Å². The van der Waals surface area contributed by atoms with E-state index in [4.69, 9.17) is 5.11 Å². The highest BCUT2D eigenvalue weighted by Gasteiger charge is 2.01. The molecule has 0 fully saturated rings. The Morgan fingerprint density at radius 2 is 2.08 bits per heavy atom. The molecular formula is C6H5F2NO2S.